The van der Waals surface area contributed by atoms with Crippen LogP contribution in [0.25, 0.3) is 16.7 Å². The van der Waals surface area contributed by atoms with Crippen LogP contribution in [0.15, 0.2) is 49.3 Å². The Morgan fingerprint density at radius 3 is 2.92 bits per heavy atom. The molecular weight excluding hydrogens is 522 g/mol. The molecule has 1 aliphatic heterocycles. The van der Waals surface area contributed by atoms with E-state index in [9.17, 15) is 0 Å². The standard InChI is InChI=1S/C23H20ClFN10O.ClH/c1-13-10-34(7-5-26-13)23-27-9-16-21(33-23)22(30-11-28-16)32-15-2-3-17(19(24)20(15)25)36-14-4-6-35-18(8-14)29-12-31-35;/h2-4,6,8-9,11-13,26H,5,7,10H2,1H3,(H,28,30,32);1H/t13-;/m1./s1. The third-order valence-electron chi connectivity index (χ3n) is 5.80. The lowest BCUT2D eigenvalue weighted by Gasteiger charge is -2.31. The van der Waals surface area contributed by atoms with Gasteiger partial charge in [-0.25, -0.2) is 33.8 Å². The lowest BCUT2D eigenvalue weighted by atomic mass is 10.2. The lowest BCUT2D eigenvalue weighted by molar-refractivity contribution is 0.477. The summed E-state index contributed by atoms with van der Waals surface area (Å²) in [4.78, 5) is 23.9. The van der Waals surface area contributed by atoms with Crippen LogP contribution in [0.2, 0.25) is 5.02 Å². The predicted octanol–water partition coefficient (Wildman–Crippen LogP) is 4.01. The van der Waals surface area contributed by atoms with Gasteiger partial charge in [0.15, 0.2) is 17.3 Å². The number of benzene rings is 1. The summed E-state index contributed by atoms with van der Waals surface area (Å²) in [6.07, 6.45) is 6.14. The average molecular weight is 543 g/mol. The lowest BCUT2D eigenvalue weighted by Crippen LogP contribution is -2.49. The summed E-state index contributed by atoms with van der Waals surface area (Å²) in [7, 11) is 0. The van der Waals surface area contributed by atoms with Crippen LogP contribution in [0.5, 0.6) is 11.5 Å². The molecule has 2 N–H and O–H groups in total. The molecule has 1 saturated heterocycles. The number of pyridine rings is 1. The molecule has 0 radical (unpaired) electrons. The van der Waals surface area contributed by atoms with Crippen molar-refractivity contribution in [2.24, 2.45) is 0 Å². The number of nitrogens with zero attached hydrogens (tertiary/aromatic N) is 8. The smallest absolute Gasteiger partial charge is 0.226 e. The third-order valence-corrected chi connectivity index (χ3v) is 6.15. The molecule has 1 aromatic carbocycles. The largest absolute Gasteiger partial charge is 0.455 e. The fraction of sp³-hybridized carbons (Fsp3) is 0.217. The second-order valence-corrected chi connectivity index (χ2v) is 8.70. The van der Waals surface area contributed by atoms with Gasteiger partial charge in [0.25, 0.3) is 0 Å². The van der Waals surface area contributed by atoms with Crippen LogP contribution in [-0.2, 0) is 0 Å². The monoisotopic (exact) mass is 542 g/mol. The van der Waals surface area contributed by atoms with Gasteiger partial charge in [-0.3, -0.25) is 0 Å². The number of anilines is 3. The van der Waals surface area contributed by atoms with Crippen LogP contribution in [0, 0.1) is 5.82 Å². The van der Waals surface area contributed by atoms with E-state index >= 15 is 4.39 Å². The summed E-state index contributed by atoms with van der Waals surface area (Å²) in [5, 5.41) is 10.3. The maximum atomic E-state index is 15.3. The van der Waals surface area contributed by atoms with E-state index in [1.54, 1.807) is 35.1 Å². The van der Waals surface area contributed by atoms with Gasteiger partial charge in [-0.1, -0.05) is 11.6 Å². The molecule has 0 saturated carbocycles. The minimum Gasteiger partial charge on any atom is -0.455 e. The molecule has 1 aliphatic rings. The van der Waals surface area contributed by atoms with Gasteiger partial charge in [0.2, 0.25) is 5.95 Å². The number of rotatable bonds is 5. The van der Waals surface area contributed by atoms with Gasteiger partial charge in [-0.2, -0.15) is 5.10 Å². The van der Waals surface area contributed by atoms with E-state index in [4.69, 9.17) is 16.3 Å². The third kappa shape index (κ3) is 4.90. The van der Waals surface area contributed by atoms with Gasteiger partial charge in [0.05, 0.1) is 11.9 Å². The highest BCUT2D eigenvalue weighted by Gasteiger charge is 2.20. The maximum Gasteiger partial charge on any atom is 0.226 e. The first-order valence-electron chi connectivity index (χ1n) is 11.2. The SMILES string of the molecule is C[C@@H]1CN(c2ncc3ncnc(Nc4ccc(Oc5ccn6ncnc6c5)c(Cl)c4F)c3n2)CCN1.Cl. The Morgan fingerprint density at radius 2 is 2.05 bits per heavy atom. The molecule has 37 heavy (non-hydrogen) atoms. The molecular formula is C23H21Cl2FN10O. The Hall–Kier alpha value is -3.87. The molecule has 0 bridgehead atoms. The van der Waals surface area contributed by atoms with Gasteiger partial charge < -0.3 is 20.3 Å². The summed E-state index contributed by atoms with van der Waals surface area (Å²) in [6.45, 7) is 4.50. The number of piperazine rings is 1. The minimum atomic E-state index is -0.685. The van der Waals surface area contributed by atoms with Gasteiger partial charge in [0.1, 0.15) is 40.2 Å². The van der Waals surface area contributed by atoms with Gasteiger partial charge in [-0.15, -0.1) is 12.4 Å². The van der Waals surface area contributed by atoms with Crippen molar-refractivity contribution in [1.82, 2.24) is 39.9 Å². The van der Waals surface area contributed by atoms with Crippen molar-refractivity contribution in [3.63, 3.8) is 0 Å². The molecule has 5 aromatic rings. The Kier molecular flexibility index (Phi) is 6.87. The van der Waals surface area contributed by atoms with Crippen LogP contribution >= 0.6 is 24.0 Å². The highest BCUT2D eigenvalue weighted by molar-refractivity contribution is 6.32. The fourth-order valence-corrected chi connectivity index (χ4v) is 4.23. The second kappa shape index (κ2) is 10.2. The van der Waals surface area contributed by atoms with E-state index in [2.05, 4.69) is 52.5 Å². The van der Waals surface area contributed by atoms with Gasteiger partial charge in [-0.05, 0) is 25.1 Å². The van der Waals surface area contributed by atoms with Crippen molar-refractivity contribution in [3.05, 3.63) is 60.2 Å². The van der Waals surface area contributed by atoms with Crippen LogP contribution in [0.4, 0.5) is 21.8 Å². The zero-order valence-electron chi connectivity index (χ0n) is 19.5. The van der Waals surface area contributed by atoms with Gasteiger partial charge >= 0.3 is 0 Å². The molecule has 1 atom stereocenters. The van der Waals surface area contributed by atoms with Crippen molar-refractivity contribution in [2.45, 2.75) is 13.0 Å². The average Bonchev–Trinajstić information content (AvgIpc) is 3.36. The minimum absolute atomic E-state index is 0. The Morgan fingerprint density at radius 1 is 1.16 bits per heavy atom. The molecule has 1 fully saturated rings. The Bertz CT molecular complexity index is 1580. The van der Waals surface area contributed by atoms with Crippen LogP contribution in [-0.4, -0.2) is 60.2 Å². The van der Waals surface area contributed by atoms with Crippen LogP contribution < -0.4 is 20.3 Å². The maximum absolute atomic E-state index is 15.3. The summed E-state index contributed by atoms with van der Waals surface area (Å²) < 4.78 is 22.7. The number of aromatic nitrogens is 7. The van der Waals surface area contributed by atoms with E-state index in [0.717, 1.165) is 19.6 Å². The van der Waals surface area contributed by atoms with Gasteiger partial charge in [0, 0.05) is 37.9 Å². The second-order valence-electron chi connectivity index (χ2n) is 8.32. The number of ether oxygens (including phenoxy) is 1. The summed E-state index contributed by atoms with van der Waals surface area (Å²) in [5.74, 6) is 0.836. The number of fused-ring (bicyclic) bond motifs is 2. The highest BCUT2D eigenvalue weighted by Crippen LogP contribution is 2.36. The van der Waals surface area contributed by atoms with Crippen molar-refractivity contribution >= 4 is 58.1 Å². The zero-order chi connectivity index (χ0) is 24.6. The predicted molar refractivity (Wildman–Crippen MR) is 140 cm³/mol. The fourth-order valence-electron chi connectivity index (χ4n) is 4.02. The quantitative estimate of drug-likeness (QED) is 0.337. The van der Waals surface area contributed by atoms with E-state index in [1.807, 2.05) is 0 Å². The van der Waals surface area contributed by atoms with E-state index in [0.29, 0.717) is 40.2 Å². The summed E-state index contributed by atoms with van der Waals surface area (Å²) in [6, 6.07) is 6.79. The Labute approximate surface area is 221 Å². The van der Waals surface area contributed by atoms with E-state index in [1.165, 1.54) is 18.7 Å². The first-order chi connectivity index (χ1) is 17.5. The first kappa shape index (κ1) is 24.8. The van der Waals surface area contributed by atoms with Crippen molar-refractivity contribution in [2.75, 3.05) is 29.9 Å². The number of hydrogen-bond acceptors (Lipinski definition) is 10. The topological polar surface area (TPSA) is 118 Å². The van der Waals surface area contributed by atoms with E-state index in [-0.39, 0.29) is 28.9 Å². The normalized spacial score (nSPS) is 15.5. The number of hydrogen-bond donors (Lipinski definition) is 2. The van der Waals surface area contributed by atoms with Crippen molar-refractivity contribution in [1.29, 1.82) is 0 Å². The van der Waals surface area contributed by atoms with E-state index < -0.39 is 5.82 Å². The molecule has 0 aliphatic carbocycles. The molecule has 11 nitrogen and oxygen atoms in total. The molecule has 6 rings (SSSR count). The summed E-state index contributed by atoms with van der Waals surface area (Å²) in [5.41, 5.74) is 1.73. The van der Waals surface area contributed by atoms with Crippen molar-refractivity contribution < 1.29 is 9.13 Å². The molecule has 14 heteroatoms. The molecule has 0 amide bonds. The number of nitrogens with one attached hydrogen (secondary N) is 2. The van der Waals surface area contributed by atoms with Crippen LogP contribution in [0.1, 0.15) is 6.92 Å². The molecule has 0 spiro atoms. The molecule has 0 unspecified atom stereocenters. The molecule has 5 heterocycles. The summed E-state index contributed by atoms with van der Waals surface area (Å²) >= 11 is 6.33. The highest BCUT2D eigenvalue weighted by atomic mass is 35.5. The Balaban J connectivity index is 0.00000280. The van der Waals surface area contributed by atoms with Crippen LogP contribution in [0.3, 0.4) is 0 Å². The zero-order valence-corrected chi connectivity index (χ0v) is 21.0. The van der Waals surface area contributed by atoms with Crippen molar-refractivity contribution in [3.8, 4) is 11.5 Å². The molecule has 190 valence electrons. The first-order valence-corrected chi connectivity index (χ1v) is 11.6. The molecule has 4 aromatic heterocycles. The number of halogens is 3.